The van der Waals surface area contributed by atoms with Crippen molar-refractivity contribution >= 4 is 43.1 Å². The van der Waals surface area contributed by atoms with Gasteiger partial charge in [0, 0.05) is 40.5 Å². The lowest BCUT2D eigenvalue weighted by molar-refractivity contribution is -0.150. The molecule has 0 aromatic heterocycles. The van der Waals surface area contributed by atoms with Crippen molar-refractivity contribution in [2.45, 2.75) is 69.1 Å². The van der Waals surface area contributed by atoms with Gasteiger partial charge in [0.15, 0.2) is 13.9 Å². The fourth-order valence-corrected chi connectivity index (χ4v) is 10.5. The summed E-state index contributed by atoms with van der Waals surface area (Å²) in [5.41, 5.74) is 7.59. The Balaban J connectivity index is 1.32. The quantitative estimate of drug-likeness (QED) is 0.194. The molecule has 0 saturated carbocycles. The summed E-state index contributed by atoms with van der Waals surface area (Å²) < 4.78 is 12.4. The van der Waals surface area contributed by atoms with Crippen molar-refractivity contribution in [3.63, 3.8) is 0 Å². The monoisotopic (exact) mass is 672 g/mol. The first-order chi connectivity index (χ1) is 22.9. The highest BCUT2D eigenvalue weighted by molar-refractivity contribution is 6.71. The van der Waals surface area contributed by atoms with Crippen LogP contribution in [-0.4, -0.2) is 73.2 Å². The van der Waals surface area contributed by atoms with Gasteiger partial charge in [-0.1, -0.05) is 19.1 Å². The summed E-state index contributed by atoms with van der Waals surface area (Å²) in [5, 5.41) is 12.8. The van der Waals surface area contributed by atoms with Gasteiger partial charge in [-0.25, -0.2) is 0 Å². The minimum Gasteiger partial charge on any atom is -0.497 e. The smallest absolute Gasteiger partial charge is 0.264 e. The fourth-order valence-electron chi connectivity index (χ4n) is 7.95. The van der Waals surface area contributed by atoms with Crippen LogP contribution in [0.4, 0.5) is 17.1 Å². The van der Waals surface area contributed by atoms with E-state index in [0.717, 1.165) is 18.4 Å². The molecule has 6 rings (SSSR count). The van der Waals surface area contributed by atoms with E-state index in [-0.39, 0.29) is 43.3 Å². The number of nitrogens with one attached hydrogen (secondary N) is 1. The highest BCUT2D eigenvalue weighted by Gasteiger charge is 2.66. The summed E-state index contributed by atoms with van der Waals surface area (Å²) in [6.07, 6.45) is 0.866. The molecule has 0 unspecified atom stereocenters. The maximum Gasteiger partial charge on any atom is 0.264 e. The highest BCUT2D eigenvalue weighted by Crippen LogP contribution is 2.60. The lowest BCUT2D eigenvalue weighted by Gasteiger charge is -2.33. The molecule has 3 aliphatic heterocycles. The Morgan fingerprint density at radius 3 is 2.56 bits per heavy atom. The van der Waals surface area contributed by atoms with Gasteiger partial charge in [0.1, 0.15) is 5.75 Å². The van der Waals surface area contributed by atoms with E-state index in [4.69, 9.17) is 15.2 Å². The first kappa shape index (κ1) is 33.7. The maximum atomic E-state index is 14.8. The number of aliphatic hydroxyl groups excluding tert-OH is 1. The number of fused-ring (bicyclic) bond motifs is 2. The van der Waals surface area contributed by atoms with Crippen LogP contribution in [0.15, 0.2) is 66.7 Å². The summed E-state index contributed by atoms with van der Waals surface area (Å²) in [7, 11) is -1.43. The van der Waals surface area contributed by atoms with Crippen LogP contribution in [0.3, 0.4) is 0 Å². The second kappa shape index (κ2) is 13.0. The summed E-state index contributed by atoms with van der Waals surface area (Å²) in [4.78, 5) is 56.3. The number of carbonyl (C=O) groups is 3. The molecule has 3 aromatic rings. The number of rotatable bonds is 9. The van der Waals surface area contributed by atoms with Crippen LogP contribution in [0.5, 0.6) is 5.75 Å². The third kappa shape index (κ3) is 5.98. The standard InChI is InChI=1S/C36H44N4O7Si/c1-22-33(48(3,4)45)31(19-32(42)39-16-6-9-27(39)21-41)47-36(22)29-18-28(46-2)14-15-30(29)40(35(36)44)20-23-7-5-8-26(17-23)38-34(43)24-10-12-25(37)13-11-24/h5,7-8,10-15,17-18,22,27,31,33,41,45H,6,9,16,19-21,37H2,1-4H3,(H,38,43)/t22-,27+,31+,33-,36+/m1/s1. The summed E-state index contributed by atoms with van der Waals surface area (Å²) in [6.45, 7) is 6.25. The van der Waals surface area contributed by atoms with E-state index in [2.05, 4.69) is 5.32 Å². The number of nitrogen functional groups attached to an aromatic ring is 1. The number of methoxy groups -OCH3 is 1. The van der Waals surface area contributed by atoms with Crippen molar-refractivity contribution in [1.82, 2.24) is 4.90 Å². The Hall–Kier alpha value is -4.23. The van der Waals surface area contributed by atoms with Gasteiger partial charge >= 0.3 is 0 Å². The average Bonchev–Trinajstić information content (AvgIpc) is 3.71. The first-order valence-corrected chi connectivity index (χ1v) is 19.5. The van der Waals surface area contributed by atoms with Gasteiger partial charge in [-0.05, 0) is 86.1 Å². The largest absolute Gasteiger partial charge is 0.497 e. The van der Waals surface area contributed by atoms with Crippen molar-refractivity contribution in [3.8, 4) is 5.75 Å². The van der Waals surface area contributed by atoms with Crippen LogP contribution in [0.25, 0.3) is 0 Å². The van der Waals surface area contributed by atoms with E-state index < -0.39 is 31.5 Å². The molecule has 5 atom stereocenters. The summed E-state index contributed by atoms with van der Waals surface area (Å²) >= 11 is 0. The molecular formula is C36H44N4O7Si. The molecule has 3 amide bonds. The zero-order valence-corrected chi connectivity index (χ0v) is 28.8. The second-order valence-electron chi connectivity index (χ2n) is 13.7. The number of benzene rings is 3. The topological polar surface area (TPSA) is 155 Å². The van der Waals surface area contributed by atoms with Crippen LogP contribution in [0, 0.1) is 5.92 Å². The van der Waals surface area contributed by atoms with Gasteiger partial charge in [0.05, 0.1) is 44.5 Å². The number of carbonyl (C=O) groups excluding carboxylic acids is 3. The predicted molar refractivity (Wildman–Crippen MR) is 185 cm³/mol. The number of amides is 3. The predicted octanol–water partition coefficient (Wildman–Crippen LogP) is 4.25. The SMILES string of the molecule is COc1ccc2c(c1)[C@]1(O[C@@H](CC(=O)N3CCC[C@H]3CO)[C@H]([Si](C)(C)O)[C@H]1C)C(=O)N2Cc1cccc(NC(=O)c2ccc(N)cc2)c1. The van der Waals surface area contributed by atoms with Crippen molar-refractivity contribution in [2.24, 2.45) is 5.92 Å². The van der Waals surface area contributed by atoms with Gasteiger partial charge in [0.25, 0.3) is 11.8 Å². The number of hydrogen-bond donors (Lipinski definition) is 4. The van der Waals surface area contributed by atoms with E-state index in [1.54, 1.807) is 53.3 Å². The second-order valence-corrected chi connectivity index (χ2v) is 17.7. The number of ether oxygens (including phenoxy) is 2. The third-order valence-corrected chi connectivity index (χ3v) is 12.7. The molecule has 254 valence electrons. The van der Waals surface area contributed by atoms with Gasteiger partial charge in [-0.3, -0.25) is 14.4 Å². The highest BCUT2D eigenvalue weighted by atomic mass is 28.4. The number of anilines is 3. The molecule has 3 heterocycles. The van der Waals surface area contributed by atoms with Gasteiger partial charge in [-0.15, -0.1) is 0 Å². The van der Waals surface area contributed by atoms with Crippen molar-refractivity contribution < 1.29 is 33.8 Å². The molecule has 2 fully saturated rings. The zero-order valence-electron chi connectivity index (χ0n) is 27.8. The van der Waals surface area contributed by atoms with Crippen LogP contribution in [0.2, 0.25) is 18.6 Å². The third-order valence-electron chi connectivity index (χ3n) is 10.2. The molecule has 5 N–H and O–H groups in total. The van der Waals surface area contributed by atoms with Crippen molar-refractivity contribution in [3.05, 3.63) is 83.4 Å². The number of likely N-dealkylation sites (tertiary alicyclic amines) is 1. The summed E-state index contributed by atoms with van der Waals surface area (Å²) in [6, 6.07) is 19.2. The van der Waals surface area contributed by atoms with Crippen molar-refractivity contribution in [2.75, 3.05) is 36.2 Å². The van der Waals surface area contributed by atoms with Crippen molar-refractivity contribution in [1.29, 1.82) is 0 Å². The molecule has 11 nitrogen and oxygen atoms in total. The van der Waals surface area contributed by atoms with E-state index in [1.165, 1.54) is 0 Å². The molecule has 2 saturated heterocycles. The van der Waals surface area contributed by atoms with Crippen LogP contribution < -0.4 is 20.7 Å². The molecule has 12 heteroatoms. The Bertz CT molecular complexity index is 1710. The minimum absolute atomic E-state index is 0.00653. The van der Waals surface area contributed by atoms with E-state index in [9.17, 15) is 24.3 Å². The molecule has 0 radical (unpaired) electrons. The van der Waals surface area contributed by atoms with Crippen LogP contribution >= 0.6 is 0 Å². The fraction of sp³-hybridized carbons (Fsp3) is 0.417. The van der Waals surface area contributed by atoms with Gasteiger partial charge in [0.2, 0.25) is 5.91 Å². The Labute approximate surface area is 281 Å². The molecule has 0 aliphatic carbocycles. The maximum absolute atomic E-state index is 14.8. The minimum atomic E-state index is -2.99. The molecule has 1 spiro atoms. The van der Waals surface area contributed by atoms with Gasteiger partial charge in [-0.2, -0.15) is 0 Å². The Morgan fingerprint density at radius 2 is 1.88 bits per heavy atom. The first-order valence-electron chi connectivity index (χ1n) is 16.4. The lowest BCUT2D eigenvalue weighted by atomic mass is 9.82. The summed E-state index contributed by atoms with van der Waals surface area (Å²) in [5.74, 6) is -0.596. The molecule has 48 heavy (non-hydrogen) atoms. The zero-order chi connectivity index (χ0) is 34.4. The molecule has 3 aliphatic rings. The Kier molecular flexibility index (Phi) is 9.11. The number of nitrogens with two attached hydrogens (primary N) is 1. The van der Waals surface area contributed by atoms with Crippen LogP contribution in [-0.2, 0) is 26.5 Å². The number of nitrogens with zero attached hydrogens (tertiary/aromatic N) is 2. The number of aliphatic hydroxyl groups is 1. The average molecular weight is 673 g/mol. The molecule has 0 bridgehead atoms. The van der Waals surface area contributed by atoms with E-state index in [0.29, 0.717) is 40.5 Å². The Morgan fingerprint density at radius 1 is 1.12 bits per heavy atom. The van der Waals surface area contributed by atoms with Crippen LogP contribution in [0.1, 0.15) is 47.7 Å². The van der Waals surface area contributed by atoms with Gasteiger partial charge < -0.3 is 40.2 Å². The molecular weight excluding hydrogens is 629 g/mol. The lowest BCUT2D eigenvalue weighted by Crippen LogP contribution is -2.46. The molecule has 3 aromatic carbocycles. The normalized spacial score (nSPS) is 25.1. The van der Waals surface area contributed by atoms with E-state index in [1.807, 2.05) is 50.3 Å². The van der Waals surface area contributed by atoms with E-state index >= 15 is 0 Å². The number of hydrogen-bond acceptors (Lipinski definition) is 8.